The van der Waals surface area contributed by atoms with Gasteiger partial charge in [-0.25, -0.2) is 8.78 Å². The smallest absolute Gasteiger partial charge is 0.258 e. The van der Waals surface area contributed by atoms with Crippen molar-refractivity contribution in [3.8, 4) is 0 Å². The number of carbonyl (C=O) groups is 1. The van der Waals surface area contributed by atoms with Gasteiger partial charge in [0.15, 0.2) is 11.0 Å². The molecule has 3 N–H and O–H groups in total. The van der Waals surface area contributed by atoms with Gasteiger partial charge in [0.1, 0.15) is 5.82 Å². The lowest BCUT2D eigenvalue weighted by Crippen LogP contribution is -2.43. The predicted molar refractivity (Wildman–Crippen MR) is 106 cm³/mol. The maximum absolute atomic E-state index is 14.9. The van der Waals surface area contributed by atoms with Gasteiger partial charge in [0.2, 0.25) is 0 Å². The van der Waals surface area contributed by atoms with Gasteiger partial charge in [0.05, 0.1) is 17.3 Å². The fourth-order valence-corrected chi connectivity index (χ4v) is 5.16. The average molecular weight is 402 g/mol. The number of amidine groups is 1. The van der Waals surface area contributed by atoms with Crippen LogP contribution in [0.4, 0.5) is 14.5 Å². The molecule has 1 aliphatic heterocycles. The second-order valence-electron chi connectivity index (χ2n) is 7.13. The van der Waals surface area contributed by atoms with Crippen LogP contribution in [0.15, 0.2) is 41.7 Å². The maximum Gasteiger partial charge on any atom is 0.258 e. The quantitative estimate of drug-likeness (QED) is 0.811. The second kappa shape index (κ2) is 7.50. The van der Waals surface area contributed by atoms with E-state index in [1.807, 2.05) is 0 Å². The molecule has 0 bridgehead atoms. The summed E-state index contributed by atoms with van der Waals surface area (Å²) in [4.78, 5) is 20.8. The first-order valence-corrected chi connectivity index (χ1v) is 10.2. The van der Waals surface area contributed by atoms with E-state index in [2.05, 4.69) is 10.3 Å². The summed E-state index contributed by atoms with van der Waals surface area (Å²) in [7, 11) is 0. The highest BCUT2D eigenvalue weighted by Crippen LogP contribution is 2.50. The van der Waals surface area contributed by atoms with Gasteiger partial charge in [0, 0.05) is 23.2 Å². The lowest BCUT2D eigenvalue weighted by Gasteiger charge is -2.44. The highest BCUT2D eigenvalue weighted by molar-refractivity contribution is 8.13. The van der Waals surface area contributed by atoms with Gasteiger partial charge in [-0.2, -0.15) is 0 Å². The number of benzene rings is 1. The van der Waals surface area contributed by atoms with Crippen LogP contribution in [0.5, 0.6) is 0 Å². The van der Waals surface area contributed by atoms with E-state index >= 15 is 0 Å². The van der Waals surface area contributed by atoms with Crippen LogP contribution in [0.3, 0.4) is 0 Å². The van der Waals surface area contributed by atoms with E-state index in [9.17, 15) is 13.6 Å². The zero-order chi connectivity index (χ0) is 19.7. The molecule has 5 nitrogen and oxygen atoms in total. The molecule has 146 valence electrons. The van der Waals surface area contributed by atoms with Crippen LogP contribution < -0.4 is 11.1 Å². The Balaban J connectivity index is 1.70. The number of carbonyl (C=O) groups excluding carboxylic acids is 1. The lowest BCUT2D eigenvalue weighted by atomic mass is 9.69. The number of nitrogens with two attached hydrogens (primary N) is 1. The monoisotopic (exact) mass is 402 g/mol. The molecule has 0 unspecified atom stereocenters. The molecule has 1 saturated carbocycles. The van der Waals surface area contributed by atoms with Crippen molar-refractivity contribution in [1.29, 1.82) is 0 Å². The molecular weight excluding hydrogens is 382 g/mol. The van der Waals surface area contributed by atoms with E-state index in [4.69, 9.17) is 10.7 Å². The minimum atomic E-state index is -0.713. The fourth-order valence-electron chi connectivity index (χ4n) is 4.12. The highest BCUT2D eigenvalue weighted by Gasteiger charge is 2.46. The minimum Gasteiger partial charge on any atom is -0.379 e. The molecular formula is C20H20F2N4OS. The normalized spacial score (nSPS) is 24.2. The van der Waals surface area contributed by atoms with Gasteiger partial charge in [-0.15, -0.1) is 0 Å². The summed E-state index contributed by atoms with van der Waals surface area (Å²) in [5.41, 5.74) is 6.00. The Morgan fingerprint density at radius 3 is 2.93 bits per heavy atom. The van der Waals surface area contributed by atoms with Crippen molar-refractivity contribution in [3.63, 3.8) is 0 Å². The van der Waals surface area contributed by atoms with Crippen molar-refractivity contribution < 1.29 is 13.6 Å². The van der Waals surface area contributed by atoms with Crippen LogP contribution in [-0.2, 0) is 5.54 Å². The van der Waals surface area contributed by atoms with Gasteiger partial charge in [-0.3, -0.25) is 14.8 Å². The van der Waals surface area contributed by atoms with E-state index in [-0.39, 0.29) is 17.3 Å². The molecule has 2 atom stereocenters. The summed E-state index contributed by atoms with van der Waals surface area (Å²) in [5.74, 6) is -0.708. The van der Waals surface area contributed by atoms with Crippen molar-refractivity contribution in [3.05, 3.63) is 59.4 Å². The molecule has 0 radical (unpaired) electrons. The minimum absolute atomic E-state index is 0.120. The summed E-state index contributed by atoms with van der Waals surface area (Å²) >= 11 is 1.50. The Bertz CT molecular complexity index is 952. The first-order valence-electron chi connectivity index (χ1n) is 9.18. The number of aliphatic imine (C=N–C) groups is 1. The first kappa shape index (κ1) is 18.9. The van der Waals surface area contributed by atoms with E-state index in [1.165, 1.54) is 36.2 Å². The Kier molecular flexibility index (Phi) is 5.05. The molecule has 1 aromatic carbocycles. The Morgan fingerprint density at radius 2 is 2.11 bits per heavy atom. The number of nitrogens with zero attached hydrogens (tertiary/aromatic N) is 2. The van der Waals surface area contributed by atoms with Crippen LogP contribution in [0.1, 0.15) is 41.6 Å². The number of hydrogen-bond donors (Lipinski definition) is 2. The number of amides is 1. The third kappa shape index (κ3) is 3.37. The standard InChI is InChI=1S/C20H20F2N4OS/c21-16-5-4-13(25-18(27)14-6-8-24-10-17(14)22)9-15(16)20-7-2-1-3-12(20)11-28-19(23)26-20/h4-6,8-10,12H,1-3,7,11H2,(H2,23,26)(H,25,27)/t12-,20-/m0/s1. The summed E-state index contributed by atoms with van der Waals surface area (Å²) < 4.78 is 28.7. The van der Waals surface area contributed by atoms with Gasteiger partial charge >= 0.3 is 0 Å². The summed E-state index contributed by atoms with van der Waals surface area (Å²) in [5, 5.41) is 3.11. The van der Waals surface area contributed by atoms with Gasteiger partial charge in [0.25, 0.3) is 5.91 Å². The van der Waals surface area contributed by atoms with E-state index in [0.717, 1.165) is 31.2 Å². The van der Waals surface area contributed by atoms with E-state index in [1.54, 1.807) is 6.07 Å². The molecule has 2 aliphatic rings. The Morgan fingerprint density at radius 1 is 1.25 bits per heavy atom. The molecule has 8 heteroatoms. The van der Waals surface area contributed by atoms with Crippen molar-refractivity contribution in [2.75, 3.05) is 11.1 Å². The van der Waals surface area contributed by atoms with Crippen molar-refractivity contribution >= 4 is 28.5 Å². The Hall–Kier alpha value is -2.48. The molecule has 1 aliphatic carbocycles. The number of nitrogens with one attached hydrogen (secondary N) is 1. The van der Waals surface area contributed by atoms with Crippen LogP contribution >= 0.6 is 11.8 Å². The number of pyridine rings is 1. The summed E-state index contributed by atoms with van der Waals surface area (Å²) in [6, 6.07) is 5.70. The second-order valence-corrected chi connectivity index (χ2v) is 8.17. The van der Waals surface area contributed by atoms with Gasteiger partial charge in [-0.05, 0) is 43.0 Å². The molecule has 28 heavy (non-hydrogen) atoms. The molecule has 1 amide bonds. The van der Waals surface area contributed by atoms with Crippen molar-refractivity contribution in [2.45, 2.75) is 31.2 Å². The SMILES string of the molecule is NC1=N[C@@]2(c3cc(NC(=O)c4ccncc4F)ccc3F)CCCC[C@H]2CS1. The number of rotatable bonds is 3. The van der Waals surface area contributed by atoms with Crippen molar-refractivity contribution in [2.24, 2.45) is 16.6 Å². The van der Waals surface area contributed by atoms with Gasteiger partial charge in [-0.1, -0.05) is 24.6 Å². The summed E-state index contributed by atoms with van der Waals surface area (Å²) in [6.07, 6.45) is 6.02. The largest absolute Gasteiger partial charge is 0.379 e. The summed E-state index contributed by atoms with van der Waals surface area (Å²) in [6.45, 7) is 0. The number of hydrogen-bond acceptors (Lipinski definition) is 5. The van der Waals surface area contributed by atoms with Crippen LogP contribution in [-0.4, -0.2) is 21.8 Å². The molecule has 0 saturated heterocycles. The van der Waals surface area contributed by atoms with E-state index in [0.29, 0.717) is 22.8 Å². The van der Waals surface area contributed by atoms with Gasteiger partial charge < -0.3 is 11.1 Å². The lowest BCUT2D eigenvalue weighted by molar-refractivity contribution is 0.102. The predicted octanol–water partition coefficient (Wildman–Crippen LogP) is 4.06. The number of thioether (sulfide) groups is 1. The first-order chi connectivity index (χ1) is 13.5. The third-order valence-corrected chi connectivity index (χ3v) is 6.44. The molecule has 2 aromatic rings. The molecule has 4 rings (SSSR count). The van der Waals surface area contributed by atoms with Crippen molar-refractivity contribution in [1.82, 2.24) is 4.98 Å². The highest BCUT2D eigenvalue weighted by atomic mass is 32.2. The number of halogens is 2. The fraction of sp³-hybridized carbons (Fsp3) is 0.350. The van der Waals surface area contributed by atoms with E-state index < -0.39 is 17.3 Å². The molecule has 2 heterocycles. The maximum atomic E-state index is 14.9. The van der Waals surface area contributed by atoms with Crippen LogP contribution in [0, 0.1) is 17.6 Å². The number of anilines is 1. The number of aromatic nitrogens is 1. The average Bonchev–Trinajstić information content (AvgIpc) is 2.69. The zero-order valence-corrected chi connectivity index (χ0v) is 15.9. The molecule has 0 spiro atoms. The van der Waals surface area contributed by atoms with Crippen LogP contribution in [0.25, 0.3) is 0 Å². The molecule has 1 aromatic heterocycles. The topological polar surface area (TPSA) is 80.4 Å². The van der Waals surface area contributed by atoms with Crippen LogP contribution in [0.2, 0.25) is 0 Å². The Labute approximate surface area is 165 Å². The number of fused-ring (bicyclic) bond motifs is 1. The third-order valence-electron chi connectivity index (χ3n) is 5.49. The molecule has 1 fully saturated rings. The zero-order valence-electron chi connectivity index (χ0n) is 15.1.